The number of fused-ring (bicyclic) bond motifs is 2. The summed E-state index contributed by atoms with van der Waals surface area (Å²) in [6.07, 6.45) is 1.65. The van der Waals surface area contributed by atoms with Gasteiger partial charge in [-0.05, 0) is 35.9 Å². The van der Waals surface area contributed by atoms with Crippen LogP contribution in [0.1, 0.15) is 37.4 Å². The van der Waals surface area contributed by atoms with Crippen molar-refractivity contribution in [2.45, 2.75) is 0 Å². The van der Waals surface area contributed by atoms with Crippen LogP contribution in [0.15, 0.2) is 65.7 Å². The summed E-state index contributed by atoms with van der Waals surface area (Å²) in [6.45, 7) is 0. The molecular weight excluding hydrogens is 354 g/mol. The molecule has 1 aliphatic carbocycles. The molecular formula is C23H17NO4. The molecule has 5 heteroatoms. The van der Waals surface area contributed by atoms with E-state index in [-0.39, 0.29) is 22.7 Å². The lowest BCUT2D eigenvalue weighted by molar-refractivity contribution is 0.0974. The second-order valence-corrected chi connectivity index (χ2v) is 6.28. The number of hydrogen-bond acceptors (Lipinski definition) is 5. The number of para-hydroxylation sites is 1. The quantitative estimate of drug-likeness (QED) is 0.504. The van der Waals surface area contributed by atoms with E-state index >= 15 is 0 Å². The van der Waals surface area contributed by atoms with E-state index in [1.165, 1.54) is 14.2 Å². The lowest BCUT2D eigenvalue weighted by Crippen LogP contribution is -2.23. The predicted octanol–water partition coefficient (Wildman–Crippen LogP) is 4.23. The van der Waals surface area contributed by atoms with Crippen LogP contribution in [0.25, 0.3) is 0 Å². The molecule has 3 aromatic rings. The topological polar surface area (TPSA) is 65.0 Å². The van der Waals surface area contributed by atoms with Gasteiger partial charge in [-0.25, -0.2) is 0 Å². The molecule has 28 heavy (non-hydrogen) atoms. The Morgan fingerprint density at radius 1 is 0.750 bits per heavy atom. The molecule has 0 N–H and O–H groups in total. The fraction of sp³-hybridized carbons (Fsp3) is 0.0870. The highest BCUT2D eigenvalue weighted by atomic mass is 16.5. The van der Waals surface area contributed by atoms with Crippen LogP contribution >= 0.6 is 0 Å². The standard InChI is InChI=1S/C23H17NO4/c1-27-18-10-6-9-16-20(18)23(26)21-17(22(16)25)11-14(12-19(21)28-2)13-24-15-7-4-3-5-8-15/h3-13H,1-2H3. The lowest BCUT2D eigenvalue weighted by atomic mass is 9.82. The maximum atomic E-state index is 13.2. The average molecular weight is 371 g/mol. The molecule has 0 aromatic heterocycles. The number of nitrogens with zero attached hydrogens (tertiary/aromatic N) is 1. The van der Waals surface area contributed by atoms with Gasteiger partial charge in [-0.15, -0.1) is 0 Å². The van der Waals surface area contributed by atoms with Crippen LogP contribution in [0.2, 0.25) is 0 Å². The average Bonchev–Trinajstić information content (AvgIpc) is 2.75. The fourth-order valence-electron chi connectivity index (χ4n) is 3.34. The van der Waals surface area contributed by atoms with Gasteiger partial charge in [0.25, 0.3) is 0 Å². The Hall–Kier alpha value is -3.73. The van der Waals surface area contributed by atoms with Gasteiger partial charge in [-0.2, -0.15) is 0 Å². The van der Waals surface area contributed by atoms with Crippen molar-refractivity contribution in [1.82, 2.24) is 0 Å². The van der Waals surface area contributed by atoms with Crippen molar-refractivity contribution in [3.05, 3.63) is 88.5 Å². The van der Waals surface area contributed by atoms with Gasteiger partial charge < -0.3 is 9.47 Å². The number of aliphatic imine (C=N–C) groups is 1. The van der Waals surface area contributed by atoms with E-state index in [4.69, 9.17) is 9.47 Å². The third kappa shape index (κ3) is 2.87. The first-order valence-electron chi connectivity index (χ1n) is 8.71. The number of hydrogen-bond donors (Lipinski definition) is 0. The predicted molar refractivity (Wildman–Crippen MR) is 107 cm³/mol. The summed E-state index contributed by atoms with van der Waals surface area (Å²) in [5.41, 5.74) is 2.62. The van der Waals surface area contributed by atoms with Crippen molar-refractivity contribution in [3.8, 4) is 11.5 Å². The number of benzene rings is 3. The third-order valence-electron chi connectivity index (χ3n) is 4.65. The minimum atomic E-state index is -0.287. The van der Waals surface area contributed by atoms with Crippen LogP contribution in [0, 0.1) is 0 Å². The molecule has 0 saturated carbocycles. The summed E-state index contributed by atoms with van der Waals surface area (Å²) in [5.74, 6) is 0.183. The van der Waals surface area contributed by atoms with Gasteiger partial charge in [0.1, 0.15) is 11.5 Å². The minimum Gasteiger partial charge on any atom is -0.496 e. The minimum absolute atomic E-state index is 0.239. The van der Waals surface area contributed by atoms with Crippen LogP contribution in [0.5, 0.6) is 11.5 Å². The Balaban J connectivity index is 1.85. The lowest BCUT2D eigenvalue weighted by Gasteiger charge is -2.21. The van der Waals surface area contributed by atoms with Gasteiger partial charge in [0.15, 0.2) is 5.78 Å². The van der Waals surface area contributed by atoms with E-state index in [2.05, 4.69) is 4.99 Å². The molecule has 0 saturated heterocycles. The van der Waals surface area contributed by atoms with Crippen LogP contribution in [-0.2, 0) is 0 Å². The van der Waals surface area contributed by atoms with Gasteiger partial charge in [0.05, 0.1) is 31.0 Å². The zero-order chi connectivity index (χ0) is 19.7. The molecule has 0 atom stereocenters. The van der Waals surface area contributed by atoms with Crippen LogP contribution in [0.4, 0.5) is 5.69 Å². The Labute approximate surface area is 162 Å². The fourth-order valence-corrected chi connectivity index (χ4v) is 3.34. The van der Waals surface area contributed by atoms with Gasteiger partial charge in [0, 0.05) is 17.3 Å². The molecule has 0 fully saturated rings. The van der Waals surface area contributed by atoms with Gasteiger partial charge in [-0.1, -0.05) is 30.3 Å². The Kier molecular flexibility index (Phi) is 4.49. The van der Waals surface area contributed by atoms with E-state index in [0.29, 0.717) is 28.2 Å². The van der Waals surface area contributed by atoms with E-state index in [1.807, 2.05) is 30.3 Å². The number of methoxy groups -OCH3 is 2. The van der Waals surface area contributed by atoms with Crippen molar-refractivity contribution in [1.29, 1.82) is 0 Å². The number of ether oxygens (including phenoxy) is 2. The Morgan fingerprint density at radius 3 is 2.18 bits per heavy atom. The molecule has 0 aliphatic heterocycles. The normalized spacial score (nSPS) is 12.6. The SMILES string of the molecule is COc1cccc2c1C(=O)c1c(OC)cc(C=Nc3ccccc3)cc1C2=O. The van der Waals surface area contributed by atoms with Crippen molar-refractivity contribution < 1.29 is 19.1 Å². The molecule has 138 valence electrons. The van der Waals surface area contributed by atoms with E-state index in [0.717, 1.165) is 5.69 Å². The maximum Gasteiger partial charge on any atom is 0.201 e. The van der Waals surface area contributed by atoms with E-state index < -0.39 is 0 Å². The van der Waals surface area contributed by atoms with Crippen molar-refractivity contribution in [2.75, 3.05) is 14.2 Å². The third-order valence-corrected chi connectivity index (χ3v) is 4.65. The van der Waals surface area contributed by atoms with E-state index in [1.54, 1.807) is 36.5 Å². The number of rotatable bonds is 4. The van der Waals surface area contributed by atoms with Crippen LogP contribution in [-0.4, -0.2) is 32.0 Å². The zero-order valence-electron chi connectivity index (χ0n) is 15.4. The first-order chi connectivity index (χ1) is 13.6. The smallest absolute Gasteiger partial charge is 0.201 e. The zero-order valence-corrected chi connectivity index (χ0v) is 15.4. The summed E-state index contributed by atoms with van der Waals surface area (Å²) in [6, 6.07) is 17.8. The van der Waals surface area contributed by atoms with Gasteiger partial charge >= 0.3 is 0 Å². The molecule has 0 bridgehead atoms. The Morgan fingerprint density at radius 2 is 1.46 bits per heavy atom. The van der Waals surface area contributed by atoms with Crippen molar-refractivity contribution in [2.24, 2.45) is 4.99 Å². The van der Waals surface area contributed by atoms with Gasteiger partial charge in [0.2, 0.25) is 5.78 Å². The van der Waals surface area contributed by atoms with Crippen LogP contribution in [0.3, 0.4) is 0 Å². The molecule has 0 spiro atoms. The van der Waals surface area contributed by atoms with E-state index in [9.17, 15) is 9.59 Å². The number of ketones is 2. The number of carbonyl (C=O) groups is 2. The monoisotopic (exact) mass is 371 g/mol. The first kappa shape index (κ1) is 17.7. The van der Waals surface area contributed by atoms with Crippen molar-refractivity contribution >= 4 is 23.5 Å². The summed E-state index contributed by atoms with van der Waals surface area (Å²) < 4.78 is 10.7. The largest absolute Gasteiger partial charge is 0.496 e. The van der Waals surface area contributed by atoms with Crippen LogP contribution < -0.4 is 9.47 Å². The highest BCUT2D eigenvalue weighted by Gasteiger charge is 2.35. The summed E-state index contributed by atoms with van der Waals surface area (Å²) in [4.78, 5) is 30.7. The summed E-state index contributed by atoms with van der Waals surface area (Å²) in [7, 11) is 2.95. The molecule has 4 rings (SSSR count). The first-order valence-corrected chi connectivity index (χ1v) is 8.71. The number of carbonyl (C=O) groups excluding carboxylic acids is 2. The summed E-state index contributed by atoms with van der Waals surface area (Å²) >= 11 is 0. The molecule has 3 aromatic carbocycles. The molecule has 0 amide bonds. The summed E-state index contributed by atoms with van der Waals surface area (Å²) in [5, 5.41) is 0. The molecule has 0 unspecified atom stereocenters. The van der Waals surface area contributed by atoms with Crippen molar-refractivity contribution in [3.63, 3.8) is 0 Å². The molecule has 0 heterocycles. The Bertz CT molecular complexity index is 1120. The highest BCUT2D eigenvalue weighted by molar-refractivity contribution is 6.30. The second-order valence-electron chi connectivity index (χ2n) is 6.28. The highest BCUT2D eigenvalue weighted by Crippen LogP contribution is 2.37. The maximum absolute atomic E-state index is 13.2. The molecule has 5 nitrogen and oxygen atoms in total. The van der Waals surface area contributed by atoms with Gasteiger partial charge in [-0.3, -0.25) is 14.6 Å². The molecule has 1 aliphatic rings. The molecule has 0 radical (unpaired) electrons. The second kappa shape index (κ2) is 7.12.